The Morgan fingerprint density at radius 1 is 1.42 bits per heavy atom. The van der Waals surface area contributed by atoms with Crippen molar-refractivity contribution in [2.75, 3.05) is 20.3 Å². The summed E-state index contributed by atoms with van der Waals surface area (Å²) in [6, 6.07) is 5.66. The summed E-state index contributed by atoms with van der Waals surface area (Å²) in [6.45, 7) is -0.595. The van der Waals surface area contributed by atoms with Crippen LogP contribution in [0, 0.1) is 5.82 Å². The fraction of sp³-hybridized carbons (Fsp3) is 0.333. The summed E-state index contributed by atoms with van der Waals surface area (Å²) in [4.78, 5) is 22.0. The molecule has 1 rings (SSSR count). The van der Waals surface area contributed by atoms with E-state index in [4.69, 9.17) is 9.84 Å². The van der Waals surface area contributed by atoms with Gasteiger partial charge in [0, 0.05) is 7.11 Å². The van der Waals surface area contributed by atoms with Gasteiger partial charge in [0.2, 0.25) is 0 Å². The number of halogens is 1. The second-order valence-corrected chi connectivity index (χ2v) is 3.59. The van der Waals surface area contributed by atoms with Crippen molar-refractivity contribution in [3.63, 3.8) is 0 Å². The van der Waals surface area contributed by atoms with Gasteiger partial charge in [0.15, 0.2) is 24.3 Å². The van der Waals surface area contributed by atoms with Crippen LogP contribution in [-0.4, -0.2) is 43.3 Å². The number of carboxylic acids is 1. The lowest BCUT2D eigenvalue weighted by Crippen LogP contribution is -2.39. The van der Waals surface area contributed by atoms with Gasteiger partial charge in [0.05, 0.1) is 6.54 Å². The highest BCUT2D eigenvalue weighted by Gasteiger charge is 2.17. The first-order chi connectivity index (χ1) is 9.04. The molecule has 0 heterocycles. The smallest absolute Gasteiger partial charge is 0.334 e. The Kier molecular flexibility index (Phi) is 5.74. The van der Waals surface area contributed by atoms with Gasteiger partial charge in [-0.3, -0.25) is 4.79 Å². The molecule has 0 fully saturated rings. The molecule has 0 saturated heterocycles. The van der Waals surface area contributed by atoms with Gasteiger partial charge >= 0.3 is 5.97 Å². The van der Waals surface area contributed by atoms with E-state index in [2.05, 4.69) is 10.1 Å². The number of benzene rings is 1. The van der Waals surface area contributed by atoms with Crippen molar-refractivity contribution in [2.24, 2.45) is 0 Å². The van der Waals surface area contributed by atoms with Crippen LogP contribution in [0.15, 0.2) is 24.3 Å². The van der Waals surface area contributed by atoms with E-state index in [1.165, 1.54) is 25.3 Å². The number of carboxylic acid groups (broad SMARTS) is 1. The van der Waals surface area contributed by atoms with Crippen LogP contribution in [0.2, 0.25) is 0 Å². The molecule has 1 aromatic carbocycles. The van der Waals surface area contributed by atoms with Gasteiger partial charge in [0.25, 0.3) is 5.91 Å². The number of para-hydroxylation sites is 1. The molecule has 0 aromatic heterocycles. The molecule has 7 heteroatoms. The summed E-state index contributed by atoms with van der Waals surface area (Å²) >= 11 is 0. The molecule has 1 unspecified atom stereocenters. The first-order valence-corrected chi connectivity index (χ1v) is 5.44. The summed E-state index contributed by atoms with van der Waals surface area (Å²) in [5, 5.41) is 11.0. The molecule has 0 bridgehead atoms. The van der Waals surface area contributed by atoms with Crippen molar-refractivity contribution < 1.29 is 28.6 Å². The van der Waals surface area contributed by atoms with Crippen molar-refractivity contribution in [2.45, 2.75) is 6.10 Å². The molecular weight excluding hydrogens is 257 g/mol. The molecule has 0 saturated carbocycles. The lowest BCUT2D eigenvalue weighted by Gasteiger charge is -2.12. The van der Waals surface area contributed by atoms with Crippen LogP contribution in [0.3, 0.4) is 0 Å². The van der Waals surface area contributed by atoms with Crippen LogP contribution in [-0.2, 0) is 14.3 Å². The summed E-state index contributed by atoms with van der Waals surface area (Å²) in [7, 11) is 1.22. The molecule has 2 N–H and O–H groups in total. The van der Waals surface area contributed by atoms with Gasteiger partial charge in [-0.2, -0.15) is 0 Å². The maximum absolute atomic E-state index is 13.2. The first-order valence-electron chi connectivity index (χ1n) is 5.44. The van der Waals surface area contributed by atoms with Crippen LogP contribution >= 0.6 is 0 Å². The normalized spacial score (nSPS) is 11.7. The van der Waals surface area contributed by atoms with Crippen LogP contribution in [0.1, 0.15) is 0 Å². The van der Waals surface area contributed by atoms with E-state index in [9.17, 15) is 14.0 Å². The third kappa shape index (κ3) is 4.92. The molecule has 1 aromatic rings. The SMILES string of the molecule is COC(CNC(=O)COc1ccccc1F)C(=O)O. The van der Waals surface area contributed by atoms with E-state index in [1.807, 2.05) is 0 Å². The summed E-state index contributed by atoms with van der Waals surface area (Å²) in [5.74, 6) is -2.36. The number of nitrogens with one attached hydrogen (secondary N) is 1. The zero-order valence-electron chi connectivity index (χ0n) is 10.3. The van der Waals surface area contributed by atoms with Crippen LogP contribution in [0.5, 0.6) is 5.75 Å². The minimum Gasteiger partial charge on any atom is -0.481 e. The van der Waals surface area contributed by atoms with E-state index in [0.717, 1.165) is 0 Å². The number of carbonyl (C=O) groups is 2. The number of ether oxygens (including phenoxy) is 2. The van der Waals surface area contributed by atoms with Gasteiger partial charge < -0.3 is 19.9 Å². The van der Waals surface area contributed by atoms with Crippen molar-refractivity contribution in [3.8, 4) is 5.75 Å². The molecule has 0 spiro atoms. The second kappa shape index (κ2) is 7.32. The number of methoxy groups -OCH3 is 1. The maximum Gasteiger partial charge on any atom is 0.334 e. The average Bonchev–Trinajstić information content (AvgIpc) is 2.38. The topological polar surface area (TPSA) is 84.9 Å². The second-order valence-electron chi connectivity index (χ2n) is 3.59. The van der Waals surface area contributed by atoms with E-state index in [-0.39, 0.29) is 12.3 Å². The Labute approximate surface area is 109 Å². The van der Waals surface area contributed by atoms with Gasteiger partial charge in [-0.15, -0.1) is 0 Å². The van der Waals surface area contributed by atoms with Gasteiger partial charge in [-0.25, -0.2) is 9.18 Å². The lowest BCUT2D eigenvalue weighted by atomic mass is 10.3. The van der Waals surface area contributed by atoms with Crippen LogP contribution in [0.25, 0.3) is 0 Å². The fourth-order valence-corrected chi connectivity index (χ4v) is 1.23. The molecule has 1 atom stereocenters. The number of hydrogen-bond donors (Lipinski definition) is 2. The monoisotopic (exact) mass is 271 g/mol. The molecule has 0 aliphatic rings. The fourth-order valence-electron chi connectivity index (χ4n) is 1.23. The van der Waals surface area contributed by atoms with Crippen LogP contribution < -0.4 is 10.1 Å². The predicted octanol–water partition coefficient (Wildman–Crippen LogP) is 0.420. The standard InChI is InChI=1S/C12H14FNO5/c1-18-10(12(16)17)6-14-11(15)7-19-9-5-3-2-4-8(9)13/h2-5,10H,6-7H2,1H3,(H,14,15)(H,16,17). The zero-order chi connectivity index (χ0) is 14.3. The largest absolute Gasteiger partial charge is 0.481 e. The average molecular weight is 271 g/mol. The molecule has 0 aliphatic heterocycles. The molecule has 104 valence electrons. The Balaban J connectivity index is 2.36. The number of aliphatic carboxylic acids is 1. The number of rotatable bonds is 7. The van der Waals surface area contributed by atoms with E-state index < -0.39 is 30.4 Å². The Morgan fingerprint density at radius 2 is 2.11 bits per heavy atom. The Bertz CT molecular complexity index is 452. The highest BCUT2D eigenvalue weighted by Crippen LogP contribution is 2.14. The first kappa shape index (κ1) is 14.9. The van der Waals surface area contributed by atoms with E-state index in [0.29, 0.717) is 0 Å². The lowest BCUT2D eigenvalue weighted by molar-refractivity contribution is -0.148. The maximum atomic E-state index is 13.2. The van der Waals surface area contributed by atoms with E-state index in [1.54, 1.807) is 6.07 Å². The third-order valence-electron chi connectivity index (χ3n) is 2.24. The number of amides is 1. The highest BCUT2D eigenvalue weighted by atomic mass is 19.1. The summed E-state index contributed by atoms with van der Waals surface area (Å²) in [5.41, 5.74) is 0. The quantitative estimate of drug-likeness (QED) is 0.750. The van der Waals surface area contributed by atoms with Crippen molar-refractivity contribution in [1.82, 2.24) is 5.32 Å². The molecule has 0 aliphatic carbocycles. The predicted molar refractivity (Wildman–Crippen MR) is 63.3 cm³/mol. The van der Waals surface area contributed by atoms with Crippen LogP contribution in [0.4, 0.5) is 4.39 Å². The molecule has 0 radical (unpaired) electrons. The molecular formula is C12H14FNO5. The summed E-state index contributed by atoms with van der Waals surface area (Å²) in [6.07, 6.45) is -1.13. The molecule has 1 amide bonds. The Hall–Kier alpha value is -2.15. The van der Waals surface area contributed by atoms with Gasteiger partial charge in [0.1, 0.15) is 0 Å². The van der Waals surface area contributed by atoms with Crippen molar-refractivity contribution in [3.05, 3.63) is 30.1 Å². The highest BCUT2D eigenvalue weighted by molar-refractivity contribution is 5.79. The van der Waals surface area contributed by atoms with Crippen molar-refractivity contribution >= 4 is 11.9 Å². The third-order valence-corrected chi connectivity index (χ3v) is 2.24. The number of carbonyl (C=O) groups excluding carboxylic acids is 1. The van der Waals surface area contributed by atoms with Gasteiger partial charge in [-0.1, -0.05) is 12.1 Å². The van der Waals surface area contributed by atoms with E-state index >= 15 is 0 Å². The Morgan fingerprint density at radius 3 is 2.68 bits per heavy atom. The number of hydrogen-bond acceptors (Lipinski definition) is 4. The molecule has 6 nitrogen and oxygen atoms in total. The van der Waals surface area contributed by atoms with Gasteiger partial charge in [-0.05, 0) is 12.1 Å². The molecule has 19 heavy (non-hydrogen) atoms. The minimum atomic E-state index is -1.18. The zero-order valence-corrected chi connectivity index (χ0v) is 10.3. The minimum absolute atomic E-state index is 0.0424. The summed E-state index contributed by atoms with van der Waals surface area (Å²) < 4.78 is 22.7. The van der Waals surface area contributed by atoms with Crippen molar-refractivity contribution in [1.29, 1.82) is 0 Å².